The number of rotatable bonds is 6. The van der Waals surface area contributed by atoms with Gasteiger partial charge in [0.1, 0.15) is 22.3 Å². The van der Waals surface area contributed by atoms with Gasteiger partial charge in [-0.2, -0.15) is 0 Å². The lowest BCUT2D eigenvalue weighted by Gasteiger charge is -2.28. The summed E-state index contributed by atoms with van der Waals surface area (Å²) in [6.45, 7) is 0. The van der Waals surface area contributed by atoms with Gasteiger partial charge in [-0.25, -0.2) is 0 Å². The molecule has 0 bridgehead atoms. The second kappa shape index (κ2) is 12.6. The Hall–Kier alpha value is -7.36. The molecule has 0 aliphatic rings. The Morgan fingerprint density at radius 1 is 0.291 bits per heavy atom. The minimum Gasteiger partial charge on any atom is -0.456 e. The molecule has 3 nitrogen and oxygen atoms in total. The van der Waals surface area contributed by atoms with Crippen molar-refractivity contribution in [1.82, 2.24) is 0 Å². The molecule has 0 aliphatic carbocycles. The fraction of sp³-hybridized carbons (Fsp3) is 0. The van der Waals surface area contributed by atoms with Gasteiger partial charge in [-0.15, -0.1) is 0 Å². The maximum atomic E-state index is 6.25. The Bertz CT molecular complexity index is 3220. The highest BCUT2D eigenvalue weighted by atomic mass is 16.3. The van der Waals surface area contributed by atoms with Crippen LogP contribution in [0.1, 0.15) is 0 Å². The Kier molecular flexibility index (Phi) is 7.17. The van der Waals surface area contributed by atoms with Gasteiger partial charge in [0, 0.05) is 38.5 Å². The van der Waals surface area contributed by atoms with E-state index in [-0.39, 0.29) is 0 Å². The Morgan fingerprint density at radius 2 is 0.873 bits per heavy atom. The summed E-state index contributed by atoms with van der Waals surface area (Å²) in [5, 5.41) is 6.96. The monoisotopic (exact) mass is 703 g/mol. The first-order valence-electron chi connectivity index (χ1n) is 18.7. The van der Waals surface area contributed by atoms with Crippen LogP contribution in [0.15, 0.2) is 209 Å². The van der Waals surface area contributed by atoms with Crippen molar-refractivity contribution in [1.29, 1.82) is 0 Å². The predicted molar refractivity (Wildman–Crippen MR) is 229 cm³/mol. The van der Waals surface area contributed by atoms with Crippen molar-refractivity contribution in [2.24, 2.45) is 0 Å². The van der Waals surface area contributed by atoms with Crippen LogP contribution in [0.4, 0.5) is 17.1 Å². The summed E-state index contributed by atoms with van der Waals surface area (Å²) in [6, 6.07) is 71.2. The third-order valence-electron chi connectivity index (χ3n) is 10.9. The summed E-state index contributed by atoms with van der Waals surface area (Å²) in [5.41, 5.74) is 13.7. The van der Waals surface area contributed by atoms with Gasteiger partial charge in [0.2, 0.25) is 0 Å². The van der Waals surface area contributed by atoms with Crippen molar-refractivity contribution in [3.8, 4) is 33.4 Å². The Labute approximate surface area is 317 Å². The van der Waals surface area contributed by atoms with E-state index in [4.69, 9.17) is 8.83 Å². The van der Waals surface area contributed by atoms with Crippen molar-refractivity contribution in [2.45, 2.75) is 0 Å². The van der Waals surface area contributed by atoms with Crippen molar-refractivity contribution in [3.63, 3.8) is 0 Å². The maximum absolute atomic E-state index is 6.25. The molecular weight excluding hydrogens is 671 g/mol. The molecule has 0 N–H and O–H groups in total. The van der Waals surface area contributed by atoms with Gasteiger partial charge in [-0.1, -0.05) is 133 Å². The van der Waals surface area contributed by atoms with E-state index in [1.807, 2.05) is 24.3 Å². The maximum Gasteiger partial charge on any atom is 0.136 e. The molecule has 0 spiro atoms. The van der Waals surface area contributed by atoms with Crippen molar-refractivity contribution in [2.75, 3.05) is 4.90 Å². The third-order valence-corrected chi connectivity index (χ3v) is 10.9. The highest BCUT2D eigenvalue weighted by Gasteiger charge is 2.19. The molecule has 0 amide bonds. The molecule has 2 aromatic heterocycles. The van der Waals surface area contributed by atoms with E-state index in [0.29, 0.717) is 0 Å². The summed E-state index contributed by atoms with van der Waals surface area (Å²) in [5.74, 6) is 0. The van der Waals surface area contributed by atoms with E-state index in [0.717, 1.165) is 83.2 Å². The fourth-order valence-electron chi connectivity index (χ4n) is 8.23. The lowest BCUT2D eigenvalue weighted by molar-refractivity contribution is 0.668. The van der Waals surface area contributed by atoms with E-state index in [2.05, 4.69) is 181 Å². The summed E-state index contributed by atoms with van der Waals surface area (Å²) < 4.78 is 12.5. The molecule has 0 radical (unpaired) electrons. The van der Waals surface area contributed by atoms with Gasteiger partial charge in [0.05, 0.1) is 5.69 Å². The number of fused-ring (bicyclic) bond motifs is 7. The fourth-order valence-corrected chi connectivity index (χ4v) is 8.23. The average molecular weight is 704 g/mol. The van der Waals surface area contributed by atoms with E-state index in [9.17, 15) is 0 Å². The molecule has 0 aliphatic heterocycles. The molecule has 0 atom stereocenters. The standard InChI is InChI=1S/C52H33NO2/c1-2-15-41-35(11-1)12-10-19-42(41)37-13-9-14-40(31-37)53(39-27-23-34(24-28-39)36-25-29-46-44-17-4-7-21-49(44)55-52(46)33-36)48-20-6-3-16-43(48)38-26-30-51-47(32-38)45-18-5-8-22-50(45)54-51/h1-33H. The Morgan fingerprint density at radius 3 is 1.73 bits per heavy atom. The molecule has 258 valence electrons. The zero-order valence-electron chi connectivity index (χ0n) is 29.8. The van der Waals surface area contributed by atoms with Gasteiger partial charge < -0.3 is 13.7 Å². The van der Waals surface area contributed by atoms with Crippen LogP contribution in [0.25, 0.3) is 88.0 Å². The number of para-hydroxylation sites is 3. The predicted octanol–water partition coefficient (Wildman–Crippen LogP) is 15.1. The first kappa shape index (κ1) is 31.2. The second-order valence-electron chi connectivity index (χ2n) is 14.1. The number of anilines is 3. The van der Waals surface area contributed by atoms with Crippen LogP contribution in [-0.2, 0) is 0 Å². The van der Waals surface area contributed by atoms with Crippen molar-refractivity contribution >= 4 is 71.7 Å². The Balaban J connectivity index is 1.07. The molecular formula is C52H33NO2. The number of nitrogens with zero attached hydrogens (tertiary/aromatic N) is 1. The molecule has 0 saturated heterocycles. The minimum absolute atomic E-state index is 0.887. The first-order valence-corrected chi connectivity index (χ1v) is 18.7. The molecule has 9 aromatic carbocycles. The van der Waals surface area contributed by atoms with E-state index in [1.165, 1.54) is 21.9 Å². The molecule has 11 aromatic rings. The molecule has 0 fully saturated rings. The van der Waals surface area contributed by atoms with Crippen LogP contribution in [0.2, 0.25) is 0 Å². The lowest BCUT2D eigenvalue weighted by atomic mass is 9.96. The SMILES string of the molecule is c1cc(-c2cccc3ccccc23)cc(N(c2ccc(-c3ccc4c(c3)oc3ccccc34)cc2)c2ccccc2-c2ccc3oc4ccccc4c3c2)c1. The smallest absolute Gasteiger partial charge is 0.136 e. The number of benzene rings is 9. The van der Waals surface area contributed by atoms with Crippen LogP contribution >= 0.6 is 0 Å². The van der Waals surface area contributed by atoms with Crippen molar-refractivity contribution in [3.05, 3.63) is 200 Å². The zero-order valence-corrected chi connectivity index (χ0v) is 29.8. The van der Waals surface area contributed by atoms with Gasteiger partial charge >= 0.3 is 0 Å². The van der Waals surface area contributed by atoms with Crippen LogP contribution < -0.4 is 4.90 Å². The van der Waals surface area contributed by atoms with Gasteiger partial charge in [0.25, 0.3) is 0 Å². The summed E-state index contributed by atoms with van der Waals surface area (Å²) in [7, 11) is 0. The van der Waals surface area contributed by atoms with Gasteiger partial charge in [-0.05, 0) is 105 Å². The first-order chi connectivity index (χ1) is 27.2. The summed E-state index contributed by atoms with van der Waals surface area (Å²) >= 11 is 0. The topological polar surface area (TPSA) is 29.5 Å². The van der Waals surface area contributed by atoms with Crippen LogP contribution in [-0.4, -0.2) is 0 Å². The summed E-state index contributed by atoms with van der Waals surface area (Å²) in [4.78, 5) is 2.38. The van der Waals surface area contributed by atoms with Crippen molar-refractivity contribution < 1.29 is 8.83 Å². The van der Waals surface area contributed by atoms with Crippen LogP contribution in [0.3, 0.4) is 0 Å². The molecule has 0 unspecified atom stereocenters. The highest BCUT2D eigenvalue weighted by Crippen LogP contribution is 2.44. The molecule has 2 heterocycles. The number of furan rings is 2. The average Bonchev–Trinajstić information content (AvgIpc) is 3.82. The van der Waals surface area contributed by atoms with E-state index < -0.39 is 0 Å². The second-order valence-corrected chi connectivity index (χ2v) is 14.1. The molecule has 55 heavy (non-hydrogen) atoms. The highest BCUT2D eigenvalue weighted by molar-refractivity contribution is 6.08. The lowest BCUT2D eigenvalue weighted by Crippen LogP contribution is -2.11. The number of hydrogen-bond donors (Lipinski definition) is 0. The quantitative estimate of drug-likeness (QED) is 0.173. The molecule has 0 saturated carbocycles. The van der Waals surface area contributed by atoms with Crippen LogP contribution in [0.5, 0.6) is 0 Å². The number of hydrogen-bond acceptors (Lipinski definition) is 3. The summed E-state index contributed by atoms with van der Waals surface area (Å²) in [6.07, 6.45) is 0. The normalized spacial score (nSPS) is 11.6. The minimum atomic E-state index is 0.887. The molecule has 3 heteroatoms. The largest absolute Gasteiger partial charge is 0.456 e. The van der Waals surface area contributed by atoms with E-state index >= 15 is 0 Å². The van der Waals surface area contributed by atoms with Gasteiger partial charge in [-0.3, -0.25) is 0 Å². The van der Waals surface area contributed by atoms with Gasteiger partial charge in [0.15, 0.2) is 0 Å². The van der Waals surface area contributed by atoms with E-state index in [1.54, 1.807) is 0 Å². The third kappa shape index (κ3) is 5.28. The molecule has 11 rings (SSSR count). The van der Waals surface area contributed by atoms with Crippen LogP contribution in [0, 0.1) is 0 Å². The zero-order chi connectivity index (χ0) is 36.3.